The lowest BCUT2D eigenvalue weighted by atomic mass is 9.98. The largest absolute Gasteiger partial charge is 0.481 e. The van der Waals surface area contributed by atoms with Gasteiger partial charge in [0, 0.05) is 10.6 Å². The van der Waals surface area contributed by atoms with E-state index in [1.54, 1.807) is 0 Å². The fourth-order valence-electron chi connectivity index (χ4n) is 1.38. The van der Waals surface area contributed by atoms with Gasteiger partial charge in [-0.05, 0) is 18.6 Å². The van der Waals surface area contributed by atoms with E-state index < -0.39 is 23.8 Å². The third kappa shape index (κ3) is 2.93. The highest BCUT2D eigenvalue weighted by atomic mass is 35.5. The Balaban J connectivity index is 2.88. The molecule has 88 valence electrons. The molecule has 0 saturated heterocycles. The number of aliphatic carboxylic acids is 1. The lowest BCUT2D eigenvalue weighted by Crippen LogP contribution is -2.14. The Morgan fingerprint density at radius 2 is 2.19 bits per heavy atom. The highest BCUT2D eigenvalue weighted by Gasteiger charge is 2.22. The number of hydrogen-bond acceptors (Lipinski definition) is 2. The molecule has 1 aromatic rings. The summed E-state index contributed by atoms with van der Waals surface area (Å²) in [6.07, 6.45) is -1.28. The van der Waals surface area contributed by atoms with Crippen molar-refractivity contribution in [1.29, 1.82) is 0 Å². The normalized spacial score (nSPS) is 14.5. The number of halogens is 2. The molecule has 0 saturated carbocycles. The van der Waals surface area contributed by atoms with Crippen molar-refractivity contribution in [2.24, 2.45) is 5.92 Å². The van der Waals surface area contributed by atoms with Gasteiger partial charge in [-0.25, -0.2) is 4.39 Å². The topological polar surface area (TPSA) is 57.5 Å². The standard InChI is InChI=1S/C11H12ClFO3/c1-6(11(15)16)5-9(14)10-7(12)3-2-4-8(10)13/h2-4,6,9,14H,5H2,1H3,(H,15,16). The molecule has 0 aliphatic rings. The molecular formula is C11H12ClFO3. The minimum atomic E-state index is -1.21. The predicted molar refractivity (Wildman–Crippen MR) is 57.8 cm³/mol. The molecule has 1 rings (SSSR count). The number of benzene rings is 1. The van der Waals surface area contributed by atoms with Gasteiger partial charge in [0.1, 0.15) is 5.82 Å². The molecular weight excluding hydrogens is 235 g/mol. The number of hydrogen-bond donors (Lipinski definition) is 2. The molecule has 16 heavy (non-hydrogen) atoms. The molecule has 0 bridgehead atoms. The van der Waals surface area contributed by atoms with Crippen molar-refractivity contribution in [2.75, 3.05) is 0 Å². The maximum atomic E-state index is 13.4. The Labute approximate surface area is 97.5 Å². The molecule has 0 aliphatic heterocycles. The van der Waals surface area contributed by atoms with Crippen LogP contribution in [0.25, 0.3) is 0 Å². The van der Waals surface area contributed by atoms with Crippen LogP contribution in [0, 0.1) is 11.7 Å². The van der Waals surface area contributed by atoms with Crippen molar-refractivity contribution in [3.05, 3.63) is 34.6 Å². The molecule has 0 heterocycles. The Bertz CT molecular complexity index is 375. The summed E-state index contributed by atoms with van der Waals surface area (Å²) in [5, 5.41) is 18.5. The third-order valence-corrected chi connectivity index (χ3v) is 2.66. The molecule has 2 unspecified atom stereocenters. The second kappa shape index (κ2) is 5.27. The summed E-state index contributed by atoms with van der Waals surface area (Å²) in [5.74, 6) is -2.42. The summed E-state index contributed by atoms with van der Waals surface area (Å²) in [4.78, 5) is 10.6. The van der Waals surface area contributed by atoms with E-state index in [1.165, 1.54) is 25.1 Å². The Morgan fingerprint density at radius 1 is 1.56 bits per heavy atom. The van der Waals surface area contributed by atoms with Crippen molar-refractivity contribution < 1.29 is 19.4 Å². The van der Waals surface area contributed by atoms with E-state index in [4.69, 9.17) is 16.7 Å². The Morgan fingerprint density at radius 3 is 2.69 bits per heavy atom. The highest BCUT2D eigenvalue weighted by molar-refractivity contribution is 6.31. The number of carboxylic acid groups (broad SMARTS) is 1. The first kappa shape index (κ1) is 12.9. The van der Waals surface area contributed by atoms with E-state index in [9.17, 15) is 14.3 Å². The van der Waals surface area contributed by atoms with Gasteiger partial charge in [-0.1, -0.05) is 24.6 Å². The van der Waals surface area contributed by atoms with Gasteiger partial charge in [-0.2, -0.15) is 0 Å². The van der Waals surface area contributed by atoms with Crippen LogP contribution in [-0.2, 0) is 4.79 Å². The molecule has 3 nitrogen and oxygen atoms in total. The van der Waals surface area contributed by atoms with Crippen molar-refractivity contribution in [2.45, 2.75) is 19.4 Å². The fourth-order valence-corrected chi connectivity index (χ4v) is 1.67. The fraction of sp³-hybridized carbons (Fsp3) is 0.364. The van der Waals surface area contributed by atoms with Gasteiger partial charge >= 0.3 is 5.97 Å². The molecule has 0 radical (unpaired) electrons. The Kier molecular flexibility index (Phi) is 4.26. The minimum Gasteiger partial charge on any atom is -0.481 e. The highest BCUT2D eigenvalue weighted by Crippen LogP contribution is 2.29. The first-order valence-corrected chi connectivity index (χ1v) is 5.16. The van der Waals surface area contributed by atoms with Gasteiger partial charge in [0.2, 0.25) is 0 Å². The van der Waals surface area contributed by atoms with Gasteiger partial charge in [-0.3, -0.25) is 4.79 Å². The summed E-state index contributed by atoms with van der Waals surface area (Å²) < 4.78 is 13.4. The summed E-state index contributed by atoms with van der Waals surface area (Å²) in [6, 6.07) is 4.05. The number of rotatable bonds is 4. The van der Waals surface area contributed by atoms with Gasteiger partial charge in [-0.15, -0.1) is 0 Å². The quantitative estimate of drug-likeness (QED) is 0.859. The zero-order valence-corrected chi connectivity index (χ0v) is 9.41. The van der Waals surface area contributed by atoms with E-state index >= 15 is 0 Å². The second-order valence-corrected chi connectivity index (χ2v) is 4.03. The van der Waals surface area contributed by atoms with Gasteiger partial charge in [0.05, 0.1) is 12.0 Å². The van der Waals surface area contributed by atoms with E-state index in [1.807, 2.05) is 0 Å². The van der Waals surface area contributed by atoms with Crippen molar-refractivity contribution in [3.63, 3.8) is 0 Å². The molecule has 1 aromatic carbocycles. The SMILES string of the molecule is CC(CC(O)c1c(F)cccc1Cl)C(=O)O. The number of carboxylic acids is 1. The van der Waals surface area contributed by atoms with Crippen LogP contribution in [0.3, 0.4) is 0 Å². The van der Waals surface area contributed by atoms with E-state index in [0.717, 1.165) is 0 Å². The van der Waals surface area contributed by atoms with E-state index in [0.29, 0.717) is 0 Å². The van der Waals surface area contributed by atoms with Gasteiger partial charge < -0.3 is 10.2 Å². The van der Waals surface area contributed by atoms with Crippen LogP contribution in [-0.4, -0.2) is 16.2 Å². The van der Waals surface area contributed by atoms with Gasteiger partial charge in [0.25, 0.3) is 0 Å². The van der Waals surface area contributed by atoms with E-state index in [2.05, 4.69) is 0 Å². The average molecular weight is 247 g/mol. The second-order valence-electron chi connectivity index (χ2n) is 3.63. The van der Waals surface area contributed by atoms with Crippen molar-refractivity contribution in [3.8, 4) is 0 Å². The molecule has 5 heteroatoms. The summed E-state index contributed by atoms with van der Waals surface area (Å²) >= 11 is 5.74. The minimum absolute atomic E-state index is 0.0442. The first-order chi connectivity index (χ1) is 7.43. The first-order valence-electron chi connectivity index (χ1n) is 4.78. The van der Waals surface area contributed by atoms with Crippen LogP contribution >= 0.6 is 11.6 Å². The zero-order valence-electron chi connectivity index (χ0n) is 8.65. The molecule has 2 atom stereocenters. The Hall–Kier alpha value is -1.13. The molecule has 0 aliphatic carbocycles. The molecule has 0 fully saturated rings. The predicted octanol–water partition coefficient (Wildman–Crippen LogP) is 2.62. The molecule has 0 spiro atoms. The lowest BCUT2D eigenvalue weighted by molar-refractivity contribution is -0.142. The van der Waals surface area contributed by atoms with Crippen LogP contribution in [0.1, 0.15) is 25.0 Å². The van der Waals surface area contributed by atoms with Gasteiger partial charge in [0.15, 0.2) is 0 Å². The van der Waals surface area contributed by atoms with Crippen LogP contribution in [0.15, 0.2) is 18.2 Å². The summed E-state index contributed by atoms with van der Waals surface area (Å²) in [7, 11) is 0. The van der Waals surface area contributed by atoms with Crippen molar-refractivity contribution >= 4 is 17.6 Å². The zero-order chi connectivity index (χ0) is 12.3. The maximum Gasteiger partial charge on any atom is 0.306 e. The molecule has 0 amide bonds. The monoisotopic (exact) mass is 246 g/mol. The molecule has 2 N–H and O–H groups in total. The van der Waals surface area contributed by atoms with Crippen molar-refractivity contribution in [1.82, 2.24) is 0 Å². The smallest absolute Gasteiger partial charge is 0.306 e. The van der Waals surface area contributed by atoms with Crippen LogP contribution in [0.4, 0.5) is 4.39 Å². The van der Waals surface area contributed by atoms with Crippen LogP contribution in [0.5, 0.6) is 0 Å². The average Bonchev–Trinajstić information content (AvgIpc) is 2.16. The summed E-state index contributed by atoms with van der Waals surface area (Å²) in [5.41, 5.74) is -0.0442. The number of carbonyl (C=O) groups is 1. The number of aliphatic hydroxyl groups is 1. The van der Waals surface area contributed by atoms with Crippen LogP contribution in [0.2, 0.25) is 5.02 Å². The lowest BCUT2D eigenvalue weighted by Gasteiger charge is -2.15. The van der Waals surface area contributed by atoms with Crippen LogP contribution < -0.4 is 0 Å². The summed E-state index contributed by atoms with van der Waals surface area (Å²) in [6.45, 7) is 1.44. The molecule has 0 aromatic heterocycles. The van der Waals surface area contributed by atoms with E-state index in [-0.39, 0.29) is 17.0 Å². The third-order valence-electron chi connectivity index (χ3n) is 2.33. The maximum absolute atomic E-state index is 13.4. The number of aliphatic hydroxyl groups excluding tert-OH is 1.